The normalized spacial score (nSPS) is 11.9. The van der Waals surface area contributed by atoms with Gasteiger partial charge >= 0.3 is 0 Å². The third kappa shape index (κ3) is 2.80. The molecular formula is C11H12FNO2. The molecule has 0 saturated heterocycles. The Morgan fingerprint density at radius 3 is 2.87 bits per heavy atom. The number of amides is 1. The number of carbonyl (C=O) groups is 1. The van der Waals surface area contributed by atoms with Gasteiger partial charge in [-0.1, -0.05) is 12.6 Å². The molecule has 3 nitrogen and oxygen atoms in total. The second-order valence-electron chi connectivity index (χ2n) is 3.15. The van der Waals surface area contributed by atoms with Crippen molar-refractivity contribution in [1.82, 2.24) is 5.32 Å². The van der Waals surface area contributed by atoms with Crippen LogP contribution in [0, 0.1) is 5.82 Å². The first-order valence-electron chi connectivity index (χ1n) is 4.46. The summed E-state index contributed by atoms with van der Waals surface area (Å²) in [6.07, 6.45) is 1.15. The summed E-state index contributed by atoms with van der Waals surface area (Å²) < 4.78 is 12.7. The second kappa shape index (κ2) is 4.59. The SMILES string of the molecule is C=CC(=O)NC(C)c1ccc(F)c(O)c1. The highest BCUT2D eigenvalue weighted by Crippen LogP contribution is 2.21. The molecule has 1 rings (SSSR count). The van der Waals surface area contributed by atoms with Crippen molar-refractivity contribution >= 4 is 5.91 Å². The van der Waals surface area contributed by atoms with Crippen LogP contribution in [0.5, 0.6) is 5.75 Å². The molecule has 15 heavy (non-hydrogen) atoms. The van der Waals surface area contributed by atoms with E-state index < -0.39 is 11.6 Å². The molecule has 1 atom stereocenters. The van der Waals surface area contributed by atoms with Crippen molar-refractivity contribution in [1.29, 1.82) is 0 Å². The first-order chi connectivity index (χ1) is 7.04. The topological polar surface area (TPSA) is 49.3 Å². The molecule has 0 saturated carbocycles. The Bertz CT molecular complexity index is 390. The summed E-state index contributed by atoms with van der Waals surface area (Å²) in [5.74, 6) is -1.42. The van der Waals surface area contributed by atoms with Crippen LogP contribution in [0.15, 0.2) is 30.9 Å². The van der Waals surface area contributed by atoms with Crippen LogP contribution in [0.4, 0.5) is 4.39 Å². The molecular weight excluding hydrogens is 197 g/mol. The Morgan fingerprint density at radius 2 is 2.33 bits per heavy atom. The lowest BCUT2D eigenvalue weighted by Gasteiger charge is -2.13. The highest BCUT2D eigenvalue weighted by atomic mass is 19.1. The smallest absolute Gasteiger partial charge is 0.243 e. The Balaban J connectivity index is 2.82. The van der Waals surface area contributed by atoms with Gasteiger partial charge in [0, 0.05) is 0 Å². The summed E-state index contributed by atoms with van der Waals surface area (Å²) in [5.41, 5.74) is 0.629. The molecule has 1 amide bonds. The van der Waals surface area contributed by atoms with Crippen molar-refractivity contribution in [2.45, 2.75) is 13.0 Å². The van der Waals surface area contributed by atoms with Crippen LogP contribution in [-0.4, -0.2) is 11.0 Å². The number of halogens is 1. The van der Waals surface area contributed by atoms with Gasteiger partial charge in [0.05, 0.1) is 6.04 Å². The van der Waals surface area contributed by atoms with Crippen LogP contribution >= 0.6 is 0 Å². The van der Waals surface area contributed by atoms with Gasteiger partial charge in [-0.05, 0) is 30.7 Å². The van der Waals surface area contributed by atoms with E-state index in [4.69, 9.17) is 5.11 Å². The summed E-state index contributed by atoms with van der Waals surface area (Å²) in [6.45, 7) is 5.05. The number of rotatable bonds is 3. The lowest BCUT2D eigenvalue weighted by Crippen LogP contribution is -2.24. The van der Waals surface area contributed by atoms with E-state index in [0.29, 0.717) is 5.56 Å². The molecule has 0 aliphatic heterocycles. The van der Waals surface area contributed by atoms with Crippen LogP contribution < -0.4 is 5.32 Å². The lowest BCUT2D eigenvalue weighted by atomic mass is 10.1. The zero-order chi connectivity index (χ0) is 11.4. The molecule has 1 aromatic carbocycles. The summed E-state index contributed by atoms with van der Waals surface area (Å²) >= 11 is 0. The van der Waals surface area contributed by atoms with Gasteiger partial charge in [-0.3, -0.25) is 4.79 Å². The highest BCUT2D eigenvalue weighted by molar-refractivity contribution is 5.87. The zero-order valence-electron chi connectivity index (χ0n) is 8.33. The van der Waals surface area contributed by atoms with Crippen molar-refractivity contribution in [2.24, 2.45) is 0 Å². The van der Waals surface area contributed by atoms with Crippen molar-refractivity contribution < 1.29 is 14.3 Å². The fourth-order valence-electron chi connectivity index (χ4n) is 1.15. The van der Waals surface area contributed by atoms with E-state index in [1.165, 1.54) is 12.1 Å². The Labute approximate surface area is 87.2 Å². The minimum Gasteiger partial charge on any atom is -0.505 e. The van der Waals surface area contributed by atoms with Crippen LogP contribution in [0.25, 0.3) is 0 Å². The maximum Gasteiger partial charge on any atom is 0.243 e. The number of aromatic hydroxyl groups is 1. The largest absolute Gasteiger partial charge is 0.505 e. The van der Waals surface area contributed by atoms with Crippen LogP contribution in [0.3, 0.4) is 0 Å². The molecule has 1 unspecified atom stereocenters. The molecule has 1 aromatic rings. The summed E-state index contributed by atoms with van der Waals surface area (Å²) in [6, 6.07) is 3.63. The molecule has 0 aromatic heterocycles. The minimum atomic E-state index is -0.680. The monoisotopic (exact) mass is 209 g/mol. The fraction of sp³-hybridized carbons (Fsp3) is 0.182. The van der Waals surface area contributed by atoms with E-state index in [0.717, 1.165) is 12.1 Å². The van der Waals surface area contributed by atoms with E-state index in [2.05, 4.69) is 11.9 Å². The van der Waals surface area contributed by atoms with Gasteiger partial charge in [0.15, 0.2) is 11.6 Å². The van der Waals surface area contributed by atoms with E-state index in [1.807, 2.05) is 0 Å². The van der Waals surface area contributed by atoms with Gasteiger partial charge in [-0.25, -0.2) is 4.39 Å². The van der Waals surface area contributed by atoms with Crippen LogP contribution in [-0.2, 0) is 4.79 Å². The number of nitrogens with one attached hydrogen (secondary N) is 1. The van der Waals surface area contributed by atoms with E-state index in [9.17, 15) is 9.18 Å². The Morgan fingerprint density at radius 1 is 1.67 bits per heavy atom. The minimum absolute atomic E-state index is 0.304. The van der Waals surface area contributed by atoms with Gasteiger partial charge in [0.2, 0.25) is 5.91 Å². The van der Waals surface area contributed by atoms with Gasteiger partial charge in [0.25, 0.3) is 0 Å². The molecule has 0 bridgehead atoms. The maximum atomic E-state index is 12.7. The average molecular weight is 209 g/mol. The summed E-state index contributed by atoms with van der Waals surface area (Å²) in [7, 11) is 0. The predicted molar refractivity (Wildman–Crippen MR) is 54.8 cm³/mol. The molecule has 4 heteroatoms. The molecule has 80 valence electrons. The molecule has 2 N–H and O–H groups in total. The molecule has 0 radical (unpaired) electrons. The highest BCUT2D eigenvalue weighted by Gasteiger charge is 2.09. The van der Waals surface area contributed by atoms with E-state index in [1.54, 1.807) is 6.92 Å². The number of benzene rings is 1. The quantitative estimate of drug-likeness (QED) is 0.747. The van der Waals surface area contributed by atoms with Gasteiger partial charge in [-0.2, -0.15) is 0 Å². The summed E-state index contributed by atoms with van der Waals surface area (Å²) in [5, 5.41) is 11.7. The van der Waals surface area contributed by atoms with Gasteiger partial charge in [0.1, 0.15) is 0 Å². The number of phenols is 1. The standard InChI is InChI=1S/C11H12FNO2/c1-3-11(15)13-7(2)8-4-5-9(12)10(14)6-8/h3-7,14H,1H2,2H3,(H,13,15). The molecule has 0 fully saturated rings. The molecule has 0 spiro atoms. The van der Waals surface area contributed by atoms with E-state index in [-0.39, 0.29) is 11.9 Å². The van der Waals surface area contributed by atoms with Gasteiger partial charge < -0.3 is 10.4 Å². The Hall–Kier alpha value is -1.84. The summed E-state index contributed by atoms with van der Waals surface area (Å²) in [4.78, 5) is 11.0. The van der Waals surface area contributed by atoms with Crippen molar-refractivity contribution in [3.8, 4) is 5.75 Å². The second-order valence-corrected chi connectivity index (χ2v) is 3.15. The maximum absolute atomic E-state index is 12.7. The molecule has 0 heterocycles. The average Bonchev–Trinajstić information content (AvgIpc) is 2.21. The van der Waals surface area contributed by atoms with E-state index >= 15 is 0 Å². The van der Waals surface area contributed by atoms with Crippen LogP contribution in [0.1, 0.15) is 18.5 Å². The fourth-order valence-corrected chi connectivity index (χ4v) is 1.15. The Kier molecular flexibility index (Phi) is 3.44. The lowest BCUT2D eigenvalue weighted by molar-refractivity contribution is -0.117. The number of hydrogen-bond donors (Lipinski definition) is 2. The number of hydrogen-bond acceptors (Lipinski definition) is 2. The van der Waals surface area contributed by atoms with Crippen molar-refractivity contribution in [3.05, 3.63) is 42.2 Å². The van der Waals surface area contributed by atoms with Crippen molar-refractivity contribution in [2.75, 3.05) is 0 Å². The first-order valence-corrected chi connectivity index (χ1v) is 4.46. The van der Waals surface area contributed by atoms with Gasteiger partial charge in [-0.15, -0.1) is 0 Å². The number of carbonyl (C=O) groups excluding carboxylic acids is 1. The number of phenolic OH excluding ortho intramolecular Hbond substituents is 1. The van der Waals surface area contributed by atoms with Crippen molar-refractivity contribution in [3.63, 3.8) is 0 Å². The third-order valence-corrected chi connectivity index (χ3v) is 2.01. The van der Waals surface area contributed by atoms with Crippen LogP contribution in [0.2, 0.25) is 0 Å². The predicted octanol–water partition coefficient (Wildman–Crippen LogP) is 1.89. The molecule has 0 aliphatic carbocycles. The molecule has 0 aliphatic rings. The zero-order valence-corrected chi connectivity index (χ0v) is 8.33. The third-order valence-electron chi connectivity index (χ3n) is 2.01. The first kappa shape index (κ1) is 11.2.